The van der Waals surface area contributed by atoms with Crippen LogP contribution in [0.5, 0.6) is 0 Å². The highest BCUT2D eigenvalue weighted by Gasteiger charge is 2.23. The molecule has 0 heterocycles. The Morgan fingerprint density at radius 1 is 1.35 bits per heavy atom. The van der Waals surface area contributed by atoms with Crippen LogP contribution in [0.2, 0.25) is 0 Å². The molecule has 20 heavy (non-hydrogen) atoms. The van der Waals surface area contributed by atoms with Gasteiger partial charge < -0.3 is 10.4 Å². The van der Waals surface area contributed by atoms with E-state index in [-0.39, 0.29) is 22.8 Å². The second kappa shape index (κ2) is 7.77. The fourth-order valence-corrected chi connectivity index (χ4v) is 2.04. The van der Waals surface area contributed by atoms with E-state index >= 15 is 0 Å². The van der Waals surface area contributed by atoms with E-state index in [0.717, 1.165) is 12.8 Å². The summed E-state index contributed by atoms with van der Waals surface area (Å²) >= 11 is 0. The van der Waals surface area contributed by atoms with E-state index in [1.807, 2.05) is 19.9 Å². The molecule has 5 nitrogen and oxygen atoms in total. The summed E-state index contributed by atoms with van der Waals surface area (Å²) in [4.78, 5) is 10.5. The summed E-state index contributed by atoms with van der Waals surface area (Å²) in [6.45, 7) is 4.70. The summed E-state index contributed by atoms with van der Waals surface area (Å²) in [5.41, 5.74) is 0.414. The van der Waals surface area contributed by atoms with Crippen LogP contribution in [-0.2, 0) is 0 Å². The Bertz CT molecular complexity index is 460. The number of nitro benzene ring substituents is 1. The van der Waals surface area contributed by atoms with Gasteiger partial charge in [0.1, 0.15) is 0 Å². The molecule has 0 spiro atoms. The molecule has 0 aromatic heterocycles. The van der Waals surface area contributed by atoms with Crippen LogP contribution in [0.25, 0.3) is 6.08 Å². The predicted octanol–water partition coefficient (Wildman–Crippen LogP) is 2.75. The summed E-state index contributed by atoms with van der Waals surface area (Å²) in [6, 6.07) is 6.63. The molecule has 0 bridgehead atoms. The van der Waals surface area contributed by atoms with Gasteiger partial charge in [0.2, 0.25) is 0 Å². The quantitative estimate of drug-likeness (QED) is 0.566. The van der Waals surface area contributed by atoms with E-state index in [9.17, 15) is 15.2 Å². The Morgan fingerprint density at radius 3 is 2.55 bits per heavy atom. The molecule has 0 aliphatic carbocycles. The Hall–Kier alpha value is -1.72. The molecule has 0 saturated heterocycles. The molecule has 0 radical (unpaired) electrons. The summed E-state index contributed by atoms with van der Waals surface area (Å²) < 4.78 is 0. The van der Waals surface area contributed by atoms with Crippen molar-refractivity contribution in [3.63, 3.8) is 0 Å². The first kappa shape index (κ1) is 16.3. The van der Waals surface area contributed by atoms with E-state index < -0.39 is 0 Å². The van der Waals surface area contributed by atoms with Crippen LogP contribution in [0, 0.1) is 10.1 Å². The zero-order chi connectivity index (χ0) is 15.0. The maximum absolute atomic E-state index is 10.9. The largest absolute Gasteiger partial charge is 0.394 e. The zero-order valence-electron chi connectivity index (χ0n) is 12.0. The highest BCUT2D eigenvalue weighted by Crippen LogP contribution is 2.19. The molecule has 1 aromatic carbocycles. The van der Waals surface area contributed by atoms with Crippen molar-refractivity contribution in [1.29, 1.82) is 0 Å². The third-order valence-electron chi connectivity index (χ3n) is 3.68. The first-order valence-electron chi connectivity index (χ1n) is 6.84. The van der Waals surface area contributed by atoms with Gasteiger partial charge in [0.15, 0.2) is 0 Å². The summed E-state index contributed by atoms with van der Waals surface area (Å²) in [7, 11) is 0. The minimum atomic E-state index is -0.386. The lowest BCUT2D eigenvalue weighted by Gasteiger charge is -2.30. The number of rotatable bonds is 8. The van der Waals surface area contributed by atoms with Crippen molar-refractivity contribution < 1.29 is 10.0 Å². The monoisotopic (exact) mass is 278 g/mol. The number of nitrogens with one attached hydrogen (secondary N) is 1. The minimum absolute atomic E-state index is 0.0827. The van der Waals surface area contributed by atoms with Gasteiger partial charge in [-0.15, -0.1) is 0 Å². The number of para-hydroxylation sites is 1. The third kappa shape index (κ3) is 4.15. The maximum Gasteiger partial charge on any atom is 0.276 e. The van der Waals surface area contributed by atoms with E-state index in [2.05, 4.69) is 5.32 Å². The van der Waals surface area contributed by atoms with Crippen LogP contribution in [0.1, 0.15) is 32.3 Å². The Balaban J connectivity index is 2.68. The average Bonchev–Trinajstić information content (AvgIpc) is 2.48. The van der Waals surface area contributed by atoms with Crippen LogP contribution in [0.15, 0.2) is 30.3 Å². The van der Waals surface area contributed by atoms with Gasteiger partial charge in [0.25, 0.3) is 5.69 Å². The van der Waals surface area contributed by atoms with Gasteiger partial charge in [-0.05, 0) is 18.9 Å². The van der Waals surface area contributed by atoms with Gasteiger partial charge in [0.05, 0.1) is 17.1 Å². The number of hydrogen-bond donors (Lipinski definition) is 2. The Morgan fingerprint density at radius 2 is 2.00 bits per heavy atom. The van der Waals surface area contributed by atoms with Crippen molar-refractivity contribution in [2.24, 2.45) is 0 Å². The van der Waals surface area contributed by atoms with Crippen molar-refractivity contribution in [3.8, 4) is 0 Å². The lowest BCUT2D eigenvalue weighted by Crippen LogP contribution is -2.47. The SMILES string of the molecule is CCC(CC)(CO)NC/C=C/c1ccccc1[N+](=O)[O-]. The van der Waals surface area contributed by atoms with Gasteiger partial charge in [-0.25, -0.2) is 0 Å². The average molecular weight is 278 g/mol. The Kier molecular flexibility index (Phi) is 6.35. The number of nitro groups is 1. The van der Waals surface area contributed by atoms with E-state index in [0.29, 0.717) is 12.1 Å². The van der Waals surface area contributed by atoms with Crippen molar-refractivity contribution in [1.82, 2.24) is 5.32 Å². The summed E-state index contributed by atoms with van der Waals surface area (Å²) in [5, 5.41) is 23.6. The number of nitrogens with zero attached hydrogens (tertiary/aromatic N) is 1. The molecule has 0 aliphatic rings. The molecular formula is C15H22N2O3. The second-order valence-corrected chi connectivity index (χ2v) is 4.74. The van der Waals surface area contributed by atoms with E-state index in [1.165, 1.54) is 6.07 Å². The van der Waals surface area contributed by atoms with Gasteiger partial charge in [-0.2, -0.15) is 0 Å². The van der Waals surface area contributed by atoms with Crippen molar-refractivity contribution in [2.45, 2.75) is 32.2 Å². The normalized spacial score (nSPS) is 11.9. The Labute approximate surface area is 119 Å². The topological polar surface area (TPSA) is 75.4 Å². The molecule has 0 atom stereocenters. The highest BCUT2D eigenvalue weighted by molar-refractivity contribution is 5.60. The molecule has 5 heteroatoms. The minimum Gasteiger partial charge on any atom is -0.394 e. The first-order chi connectivity index (χ1) is 9.58. The van der Waals surface area contributed by atoms with E-state index in [1.54, 1.807) is 24.3 Å². The number of hydrogen-bond acceptors (Lipinski definition) is 4. The lowest BCUT2D eigenvalue weighted by atomic mass is 9.94. The molecule has 0 fully saturated rings. The van der Waals surface area contributed by atoms with Crippen LogP contribution in [0.3, 0.4) is 0 Å². The maximum atomic E-state index is 10.9. The molecule has 110 valence electrons. The van der Waals surface area contributed by atoms with E-state index in [4.69, 9.17) is 0 Å². The highest BCUT2D eigenvalue weighted by atomic mass is 16.6. The first-order valence-corrected chi connectivity index (χ1v) is 6.84. The molecular weight excluding hydrogens is 256 g/mol. The van der Waals surface area contributed by atoms with Gasteiger partial charge in [-0.3, -0.25) is 10.1 Å². The number of benzene rings is 1. The van der Waals surface area contributed by atoms with Crippen LogP contribution in [-0.4, -0.2) is 28.7 Å². The summed E-state index contributed by atoms with van der Waals surface area (Å²) in [5.74, 6) is 0. The van der Waals surface area contributed by atoms with Crippen LogP contribution in [0.4, 0.5) is 5.69 Å². The molecule has 0 amide bonds. The summed E-state index contributed by atoms with van der Waals surface area (Å²) in [6.07, 6.45) is 5.25. The third-order valence-corrected chi connectivity index (χ3v) is 3.68. The van der Waals surface area contributed by atoms with Crippen molar-refractivity contribution in [3.05, 3.63) is 46.0 Å². The molecule has 0 aliphatic heterocycles. The number of aliphatic hydroxyl groups excluding tert-OH is 1. The van der Waals surface area contributed by atoms with Crippen molar-refractivity contribution in [2.75, 3.05) is 13.2 Å². The smallest absolute Gasteiger partial charge is 0.276 e. The van der Waals surface area contributed by atoms with Crippen LogP contribution >= 0.6 is 0 Å². The fraction of sp³-hybridized carbons (Fsp3) is 0.467. The molecule has 1 aromatic rings. The molecule has 2 N–H and O–H groups in total. The van der Waals surface area contributed by atoms with Gasteiger partial charge in [0, 0.05) is 18.2 Å². The second-order valence-electron chi connectivity index (χ2n) is 4.74. The zero-order valence-corrected chi connectivity index (χ0v) is 12.0. The predicted molar refractivity (Wildman–Crippen MR) is 80.5 cm³/mol. The number of aliphatic hydroxyl groups is 1. The molecule has 1 rings (SSSR count). The molecule has 0 saturated carbocycles. The molecule has 0 unspecified atom stereocenters. The lowest BCUT2D eigenvalue weighted by molar-refractivity contribution is -0.385. The van der Waals surface area contributed by atoms with Crippen molar-refractivity contribution >= 4 is 11.8 Å². The van der Waals surface area contributed by atoms with Gasteiger partial charge >= 0.3 is 0 Å². The fourth-order valence-electron chi connectivity index (χ4n) is 2.04. The van der Waals surface area contributed by atoms with Crippen LogP contribution < -0.4 is 5.32 Å². The van der Waals surface area contributed by atoms with Gasteiger partial charge in [-0.1, -0.05) is 38.1 Å². The standard InChI is InChI=1S/C15H22N2O3/c1-3-15(4-2,12-18)16-11-7-9-13-8-5-6-10-14(13)17(19)20/h5-10,16,18H,3-4,11-12H2,1-2H3/b9-7+.